The molecule has 0 spiro atoms. The molecule has 0 bridgehead atoms. The van der Waals surface area contributed by atoms with E-state index in [9.17, 15) is 19.5 Å². The third kappa shape index (κ3) is 6.79. The molecule has 8 nitrogen and oxygen atoms in total. The van der Waals surface area contributed by atoms with Crippen molar-refractivity contribution in [3.05, 3.63) is 65.7 Å². The highest BCUT2D eigenvalue weighted by molar-refractivity contribution is 5.97. The standard InChI is InChI=1S/C30H39N3O5/c1-29(15-16-29)26(34)23(18-20-8-5-4-6-9-20)32-27(35)24(19-21-10-12-22(38-3)13-11-21)33-28(36)25-30(2,37)14-7-17-31-25/h4-6,8-13,23-25,31,37H,7,14-19H2,1-3H3,(H,32,35)(H,33,36)/t23-,24-,25+,30-/m0/s1. The van der Waals surface area contributed by atoms with Crippen LogP contribution in [-0.4, -0.2) is 60.1 Å². The van der Waals surface area contributed by atoms with Gasteiger partial charge in [0.05, 0.1) is 18.8 Å². The summed E-state index contributed by atoms with van der Waals surface area (Å²) in [7, 11) is 1.58. The Morgan fingerprint density at radius 1 is 0.947 bits per heavy atom. The van der Waals surface area contributed by atoms with Gasteiger partial charge >= 0.3 is 0 Å². The van der Waals surface area contributed by atoms with E-state index in [-0.39, 0.29) is 12.2 Å². The lowest BCUT2D eigenvalue weighted by Crippen LogP contribution is -2.63. The second-order valence-corrected chi connectivity index (χ2v) is 11.1. The molecule has 4 N–H and O–H groups in total. The number of methoxy groups -OCH3 is 1. The van der Waals surface area contributed by atoms with Gasteiger partial charge in [0, 0.05) is 11.8 Å². The molecule has 2 aliphatic rings. The van der Waals surface area contributed by atoms with Gasteiger partial charge < -0.3 is 25.8 Å². The van der Waals surface area contributed by atoms with Crippen molar-refractivity contribution in [3.63, 3.8) is 0 Å². The summed E-state index contributed by atoms with van der Waals surface area (Å²) in [4.78, 5) is 40.4. The molecule has 2 amide bonds. The predicted octanol–water partition coefficient (Wildman–Crippen LogP) is 2.32. The van der Waals surface area contributed by atoms with Crippen molar-refractivity contribution in [2.45, 2.75) is 76.1 Å². The van der Waals surface area contributed by atoms with Crippen LogP contribution in [0.1, 0.15) is 50.7 Å². The minimum Gasteiger partial charge on any atom is -0.497 e. The van der Waals surface area contributed by atoms with Gasteiger partial charge in [0.25, 0.3) is 0 Å². The third-order valence-corrected chi connectivity index (χ3v) is 7.83. The van der Waals surface area contributed by atoms with E-state index in [0.29, 0.717) is 25.1 Å². The maximum absolute atomic E-state index is 13.7. The first kappa shape index (κ1) is 27.8. The lowest BCUT2D eigenvalue weighted by Gasteiger charge is -2.37. The first-order chi connectivity index (χ1) is 18.1. The first-order valence-corrected chi connectivity index (χ1v) is 13.4. The molecule has 4 rings (SSSR count). The van der Waals surface area contributed by atoms with Crippen molar-refractivity contribution in [2.75, 3.05) is 13.7 Å². The largest absolute Gasteiger partial charge is 0.497 e. The summed E-state index contributed by atoms with van der Waals surface area (Å²) in [5, 5.41) is 19.7. The van der Waals surface area contributed by atoms with Crippen LogP contribution in [0, 0.1) is 5.41 Å². The molecule has 2 fully saturated rings. The van der Waals surface area contributed by atoms with Crippen LogP contribution < -0.4 is 20.7 Å². The number of aliphatic hydroxyl groups is 1. The van der Waals surface area contributed by atoms with Crippen LogP contribution in [0.25, 0.3) is 0 Å². The first-order valence-electron chi connectivity index (χ1n) is 13.4. The topological polar surface area (TPSA) is 117 Å². The van der Waals surface area contributed by atoms with Gasteiger partial charge in [0.1, 0.15) is 17.8 Å². The molecule has 1 heterocycles. The van der Waals surface area contributed by atoms with Crippen LogP contribution in [0.5, 0.6) is 5.75 Å². The fourth-order valence-electron chi connectivity index (χ4n) is 5.08. The van der Waals surface area contributed by atoms with Crippen LogP contribution in [-0.2, 0) is 27.2 Å². The number of ether oxygens (including phenoxy) is 1. The smallest absolute Gasteiger partial charge is 0.243 e. The summed E-state index contributed by atoms with van der Waals surface area (Å²) in [6.07, 6.45) is 3.46. The number of amides is 2. The minimum atomic E-state index is -1.23. The molecule has 4 atom stereocenters. The minimum absolute atomic E-state index is 0.0149. The zero-order valence-corrected chi connectivity index (χ0v) is 22.5. The molecule has 1 aliphatic carbocycles. The number of benzene rings is 2. The SMILES string of the molecule is COc1ccc(C[C@H](NC(=O)[C@H]2NCCC[C@]2(C)O)C(=O)N[C@@H](Cc2ccccc2)C(=O)C2(C)CC2)cc1. The van der Waals surface area contributed by atoms with E-state index in [1.807, 2.05) is 49.4 Å². The molecule has 2 aromatic carbocycles. The van der Waals surface area contributed by atoms with Crippen LogP contribution in [0.3, 0.4) is 0 Å². The summed E-state index contributed by atoms with van der Waals surface area (Å²) in [5.74, 6) is -0.167. The van der Waals surface area contributed by atoms with E-state index < -0.39 is 41.0 Å². The van der Waals surface area contributed by atoms with Crippen molar-refractivity contribution in [1.82, 2.24) is 16.0 Å². The van der Waals surface area contributed by atoms with Gasteiger partial charge in [-0.1, -0.05) is 49.4 Å². The maximum Gasteiger partial charge on any atom is 0.243 e. The number of nitrogens with one attached hydrogen (secondary N) is 3. The molecule has 8 heteroatoms. The number of carbonyl (C=O) groups is 3. The van der Waals surface area contributed by atoms with E-state index in [2.05, 4.69) is 16.0 Å². The van der Waals surface area contributed by atoms with Gasteiger partial charge in [-0.3, -0.25) is 14.4 Å². The Morgan fingerprint density at radius 2 is 1.58 bits per heavy atom. The number of piperidine rings is 1. The van der Waals surface area contributed by atoms with E-state index in [1.54, 1.807) is 26.2 Å². The number of carbonyl (C=O) groups excluding carboxylic acids is 3. The summed E-state index contributed by atoms with van der Waals surface area (Å²) in [6, 6.07) is 14.4. The van der Waals surface area contributed by atoms with E-state index in [1.165, 1.54) is 0 Å². The number of Topliss-reactive ketones (excluding diaryl/α,β-unsaturated/α-hetero) is 1. The maximum atomic E-state index is 13.7. The summed E-state index contributed by atoms with van der Waals surface area (Å²) < 4.78 is 5.24. The molecule has 204 valence electrons. The fourth-order valence-corrected chi connectivity index (χ4v) is 5.08. The van der Waals surface area contributed by atoms with Crippen molar-refractivity contribution in [1.29, 1.82) is 0 Å². The van der Waals surface area contributed by atoms with E-state index in [4.69, 9.17) is 4.74 Å². The van der Waals surface area contributed by atoms with E-state index >= 15 is 0 Å². The highest BCUT2D eigenvalue weighted by Gasteiger charge is 2.48. The van der Waals surface area contributed by atoms with Crippen molar-refractivity contribution in [2.24, 2.45) is 5.41 Å². The van der Waals surface area contributed by atoms with Crippen LogP contribution in [0.2, 0.25) is 0 Å². The average molecular weight is 522 g/mol. The van der Waals surface area contributed by atoms with Gasteiger partial charge in [0.2, 0.25) is 11.8 Å². The van der Waals surface area contributed by atoms with Gasteiger partial charge in [-0.25, -0.2) is 0 Å². The van der Waals surface area contributed by atoms with Gasteiger partial charge in [-0.05, 0) is 68.8 Å². The third-order valence-electron chi connectivity index (χ3n) is 7.83. The molecule has 38 heavy (non-hydrogen) atoms. The van der Waals surface area contributed by atoms with Gasteiger partial charge in [-0.15, -0.1) is 0 Å². The Balaban J connectivity index is 1.55. The monoisotopic (exact) mass is 521 g/mol. The van der Waals surface area contributed by atoms with Gasteiger partial charge in [-0.2, -0.15) is 0 Å². The molecule has 1 saturated carbocycles. The highest BCUT2D eigenvalue weighted by Crippen LogP contribution is 2.46. The zero-order valence-electron chi connectivity index (χ0n) is 22.5. The summed E-state index contributed by atoms with van der Waals surface area (Å²) in [5.41, 5.74) is 0.130. The second-order valence-electron chi connectivity index (χ2n) is 11.1. The molecule has 0 unspecified atom stereocenters. The summed E-state index contributed by atoms with van der Waals surface area (Å²) >= 11 is 0. The molecular weight excluding hydrogens is 482 g/mol. The lowest BCUT2D eigenvalue weighted by molar-refractivity contribution is -0.136. The number of hydrogen-bond donors (Lipinski definition) is 4. The zero-order chi connectivity index (χ0) is 27.3. The molecule has 0 aromatic heterocycles. The summed E-state index contributed by atoms with van der Waals surface area (Å²) in [6.45, 7) is 4.18. The van der Waals surface area contributed by atoms with Gasteiger partial charge in [0.15, 0.2) is 5.78 Å². The van der Waals surface area contributed by atoms with Crippen LogP contribution >= 0.6 is 0 Å². The Morgan fingerprint density at radius 3 is 2.18 bits per heavy atom. The molecule has 1 saturated heterocycles. The molecule has 1 aliphatic heterocycles. The molecular formula is C30H39N3O5. The van der Waals surface area contributed by atoms with Crippen LogP contribution in [0.15, 0.2) is 54.6 Å². The average Bonchev–Trinajstić information content (AvgIpc) is 3.66. The van der Waals surface area contributed by atoms with Crippen molar-refractivity contribution >= 4 is 17.6 Å². The van der Waals surface area contributed by atoms with Crippen molar-refractivity contribution in [3.8, 4) is 5.75 Å². The Labute approximate surface area is 224 Å². The highest BCUT2D eigenvalue weighted by atomic mass is 16.5. The van der Waals surface area contributed by atoms with E-state index in [0.717, 1.165) is 30.4 Å². The van der Waals surface area contributed by atoms with Crippen LogP contribution in [0.4, 0.5) is 0 Å². The normalized spacial score (nSPS) is 23.5. The fraction of sp³-hybridized carbons (Fsp3) is 0.500. The number of rotatable bonds is 11. The molecule has 0 radical (unpaired) electrons. The number of ketones is 1. The Kier molecular flexibility index (Phi) is 8.53. The second kappa shape index (κ2) is 11.7. The Hall–Kier alpha value is -3.23. The molecule has 2 aromatic rings. The predicted molar refractivity (Wildman–Crippen MR) is 145 cm³/mol. The van der Waals surface area contributed by atoms with Crippen molar-refractivity contribution < 1.29 is 24.2 Å². The lowest BCUT2D eigenvalue weighted by atomic mass is 9.87. The quantitative estimate of drug-likeness (QED) is 0.361. The Bertz CT molecular complexity index is 1130. The number of hydrogen-bond acceptors (Lipinski definition) is 6.